The van der Waals surface area contributed by atoms with Gasteiger partial charge < -0.3 is 20.7 Å². The Kier molecular flexibility index (Phi) is 5.14. The number of carbonyl (C=O) groups is 2. The molecule has 24 heavy (non-hydrogen) atoms. The van der Waals surface area contributed by atoms with Gasteiger partial charge in [-0.2, -0.15) is 0 Å². The highest BCUT2D eigenvalue weighted by Crippen LogP contribution is 2.31. The highest BCUT2D eigenvalue weighted by atomic mass is 32.1. The summed E-state index contributed by atoms with van der Waals surface area (Å²) in [5.41, 5.74) is 5.96. The van der Waals surface area contributed by atoms with E-state index in [9.17, 15) is 9.59 Å². The van der Waals surface area contributed by atoms with Crippen LogP contribution in [0.1, 0.15) is 12.8 Å². The summed E-state index contributed by atoms with van der Waals surface area (Å²) in [4.78, 5) is 29.0. The van der Waals surface area contributed by atoms with Gasteiger partial charge in [0.05, 0.1) is 10.2 Å². The standard InChI is InChI=1S/C16H20N4O3S/c17-14(21)10-23-16(22)18-9-11-5-7-20(8-6-11)15-19-12-3-1-2-4-13(12)24-15/h1-4,11H,5-10H2,(H2,17,21)(H,18,22). The third-order valence-electron chi connectivity index (χ3n) is 4.05. The zero-order valence-corrected chi connectivity index (χ0v) is 14.1. The number of fused-ring (bicyclic) bond motifs is 1. The summed E-state index contributed by atoms with van der Waals surface area (Å²) in [5, 5.41) is 3.74. The number of primary amides is 1. The quantitative estimate of drug-likeness (QED) is 0.857. The van der Waals surface area contributed by atoms with Crippen LogP contribution in [0.25, 0.3) is 10.2 Å². The Morgan fingerprint density at radius 3 is 2.79 bits per heavy atom. The first-order valence-corrected chi connectivity index (χ1v) is 8.73. The number of nitrogens with two attached hydrogens (primary N) is 1. The van der Waals surface area contributed by atoms with Crippen LogP contribution in [0.2, 0.25) is 0 Å². The number of nitrogens with zero attached hydrogens (tertiary/aromatic N) is 2. The lowest BCUT2D eigenvalue weighted by Crippen LogP contribution is -2.39. The number of alkyl carbamates (subject to hydrolysis) is 1. The molecular formula is C16H20N4O3S. The van der Waals surface area contributed by atoms with E-state index in [2.05, 4.69) is 26.0 Å². The van der Waals surface area contributed by atoms with Crippen LogP contribution >= 0.6 is 11.3 Å². The summed E-state index contributed by atoms with van der Waals surface area (Å²) in [7, 11) is 0. The topological polar surface area (TPSA) is 97.6 Å². The number of anilines is 1. The van der Waals surface area contributed by atoms with Crippen LogP contribution in [0.4, 0.5) is 9.93 Å². The van der Waals surface area contributed by atoms with E-state index in [0.29, 0.717) is 12.5 Å². The molecular weight excluding hydrogens is 328 g/mol. The van der Waals surface area contributed by atoms with Crippen LogP contribution in [-0.4, -0.2) is 43.2 Å². The fourth-order valence-corrected chi connectivity index (χ4v) is 3.76. The molecule has 0 bridgehead atoms. The number of ether oxygens (including phenoxy) is 1. The number of para-hydroxylation sites is 1. The number of amides is 2. The summed E-state index contributed by atoms with van der Waals surface area (Å²) >= 11 is 1.71. The molecule has 0 unspecified atom stereocenters. The molecule has 2 amide bonds. The SMILES string of the molecule is NC(=O)COC(=O)NCC1CCN(c2nc3ccccc3s2)CC1. The fraction of sp³-hybridized carbons (Fsp3) is 0.438. The molecule has 2 aromatic rings. The number of nitrogens with one attached hydrogen (secondary N) is 1. The van der Waals surface area contributed by atoms with Crippen molar-refractivity contribution in [3.8, 4) is 0 Å². The van der Waals surface area contributed by atoms with E-state index in [4.69, 9.17) is 5.73 Å². The van der Waals surface area contributed by atoms with Crippen molar-refractivity contribution in [1.29, 1.82) is 0 Å². The molecule has 3 N–H and O–H groups in total. The van der Waals surface area contributed by atoms with E-state index < -0.39 is 12.0 Å². The molecule has 0 saturated carbocycles. The van der Waals surface area contributed by atoms with Gasteiger partial charge in [-0.3, -0.25) is 4.79 Å². The number of benzene rings is 1. The van der Waals surface area contributed by atoms with Gasteiger partial charge in [0, 0.05) is 19.6 Å². The Labute approximate surface area is 143 Å². The average molecular weight is 348 g/mol. The maximum Gasteiger partial charge on any atom is 0.407 e. The first-order chi connectivity index (χ1) is 11.6. The molecule has 3 rings (SSSR count). The molecule has 8 heteroatoms. The fourth-order valence-electron chi connectivity index (χ4n) is 2.74. The van der Waals surface area contributed by atoms with Crippen LogP contribution < -0.4 is 16.0 Å². The minimum Gasteiger partial charge on any atom is -0.439 e. The van der Waals surface area contributed by atoms with Gasteiger partial charge in [-0.1, -0.05) is 23.5 Å². The zero-order valence-electron chi connectivity index (χ0n) is 13.2. The number of hydrogen-bond donors (Lipinski definition) is 2. The lowest BCUT2D eigenvalue weighted by molar-refractivity contribution is -0.120. The predicted molar refractivity (Wildman–Crippen MR) is 93.1 cm³/mol. The van der Waals surface area contributed by atoms with Crippen LogP contribution in [0, 0.1) is 5.92 Å². The van der Waals surface area contributed by atoms with Crippen LogP contribution in [0.5, 0.6) is 0 Å². The zero-order chi connectivity index (χ0) is 16.9. The largest absolute Gasteiger partial charge is 0.439 e. The van der Waals surface area contributed by atoms with Gasteiger partial charge in [0.25, 0.3) is 5.91 Å². The molecule has 1 aromatic carbocycles. The number of thiazole rings is 1. The molecule has 1 fully saturated rings. The number of piperidine rings is 1. The predicted octanol–water partition coefficient (Wildman–Crippen LogP) is 1.72. The number of aromatic nitrogens is 1. The molecule has 1 aromatic heterocycles. The minimum atomic E-state index is -0.658. The van der Waals surface area contributed by atoms with Crippen molar-refractivity contribution in [2.45, 2.75) is 12.8 Å². The van der Waals surface area contributed by atoms with Crippen molar-refractivity contribution in [3.63, 3.8) is 0 Å². The Morgan fingerprint density at radius 1 is 1.33 bits per heavy atom. The van der Waals surface area contributed by atoms with E-state index in [-0.39, 0.29) is 6.61 Å². The van der Waals surface area contributed by atoms with Gasteiger partial charge in [-0.15, -0.1) is 0 Å². The number of hydrogen-bond acceptors (Lipinski definition) is 6. The Morgan fingerprint density at radius 2 is 2.08 bits per heavy atom. The summed E-state index contributed by atoms with van der Waals surface area (Å²) < 4.78 is 5.88. The van der Waals surface area contributed by atoms with Gasteiger partial charge in [-0.25, -0.2) is 9.78 Å². The Hall–Kier alpha value is -2.35. The second-order valence-corrected chi connectivity index (χ2v) is 6.83. The monoisotopic (exact) mass is 348 g/mol. The maximum atomic E-state index is 11.4. The molecule has 2 heterocycles. The van der Waals surface area contributed by atoms with Gasteiger partial charge in [0.15, 0.2) is 11.7 Å². The molecule has 0 atom stereocenters. The Bertz CT molecular complexity index is 692. The van der Waals surface area contributed by atoms with Crippen molar-refractivity contribution < 1.29 is 14.3 Å². The summed E-state index contributed by atoms with van der Waals surface area (Å²) in [6.07, 6.45) is 1.36. The van der Waals surface area contributed by atoms with Gasteiger partial charge >= 0.3 is 6.09 Å². The van der Waals surface area contributed by atoms with Crippen molar-refractivity contribution in [1.82, 2.24) is 10.3 Å². The highest BCUT2D eigenvalue weighted by Gasteiger charge is 2.22. The number of carbonyl (C=O) groups excluding carboxylic acids is 2. The summed E-state index contributed by atoms with van der Waals surface area (Å²) in [6, 6.07) is 8.15. The van der Waals surface area contributed by atoms with Crippen molar-refractivity contribution in [2.24, 2.45) is 11.7 Å². The Balaban J connectivity index is 1.45. The molecule has 7 nitrogen and oxygen atoms in total. The minimum absolute atomic E-state index is 0.387. The third-order valence-corrected chi connectivity index (χ3v) is 5.15. The van der Waals surface area contributed by atoms with Gasteiger partial charge in [0.1, 0.15) is 0 Å². The van der Waals surface area contributed by atoms with Crippen LogP contribution in [0.15, 0.2) is 24.3 Å². The van der Waals surface area contributed by atoms with E-state index >= 15 is 0 Å². The van der Waals surface area contributed by atoms with E-state index in [1.807, 2.05) is 18.2 Å². The summed E-state index contributed by atoms with van der Waals surface area (Å²) in [5.74, 6) is -0.258. The summed E-state index contributed by atoms with van der Waals surface area (Å²) in [6.45, 7) is 2.00. The number of rotatable bonds is 5. The van der Waals surface area contributed by atoms with Crippen molar-refractivity contribution >= 4 is 38.7 Å². The van der Waals surface area contributed by atoms with Gasteiger partial charge in [-0.05, 0) is 30.9 Å². The smallest absolute Gasteiger partial charge is 0.407 e. The molecule has 1 aliphatic heterocycles. The third kappa shape index (κ3) is 4.14. The van der Waals surface area contributed by atoms with Crippen LogP contribution in [-0.2, 0) is 9.53 Å². The maximum absolute atomic E-state index is 11.4. The van der Waals surface area contributed by atoms with Gasteiger partial charge in [0.2, 0.25) is 0 Å². The van der Waals surface area contributed by atoms with Crippen molar-refractivity contribution in [3.05, 3.63) is 24.3 Å². The highest BCUT2D eigenvalue weighted by molar-refractivity contribution is 7.22. The van der Waals surface area contributed by atoms with E-state index in [1.54, 1.807) is 11.3 Å². The first kappa shape index (κ1) is 16.5. The molecule has 0 aliphatic carbocycles. The van der Waals surface area contributed by atoms with E-state index in [1.165, 1.54) is 4.70 Å². The molecule has 1 aliphatic rings. The second kappa shape index (κ2) is 7.48. The van der Waals surface area contributed by atoms with Crippen LogP contribution in [0.3, 0.4) is 0 Å². The van der Waals surface area contributed by atoms with Crippen molar-refractivity contribution in [2.75, 3.05) is 31.1 Å². The molecule has 128 valence electrons. The normalized spacial score (nSPS) is 15.4. The lowest BCUT2D eigenvalue weighted by Gasteiger charge is -2.31. The average Bonchev–Trinajstić information content (AvgIpc) is 3.02. The molecule has 1 saturated heterocycles. The second-order valence-electron chi connectivity index (χ2n) is 5.82. The van der Waals surface area contributed by atoms with E-state index in [0.717, 1.165) is 36.6 Å². The molecule has 0 spiro atoms. The first-order valence-electron chi connectivity index (χ1n) is 7.91. The lowest BCUT2D eigenvalue weighted by atomic mass is 9.97. The molecule has 0 radical (unpaired) electrons.